The molecule has 0 saturated heterocycles. The Labute approximate surface area is 104 Å². The first kappa shape index (κ1) is 12.9. The summed E-state index contributed by atoms with van der Waals surface area (Å²) in [6.45, 7) is 4.05. The van der Waals surface area contributed by atoms with Gasteiger partial charge >= 0.3 is 0 Å². The highest BCUT2D eigenvalue weighted by Gasteiger charge is 2.11. The average Bonchev–Trinajstić information content (AvgIpc) is 2.34. The molecule has 90 valence electrons. The smallest absolute Gasteiger partial charge is 0.294 e. The summed E-state index contributed by atoms with van der Waals surface area (Å²) in [6.07, 6.45) is 1.65. The molecule has 1 rings (SSSR count). The van der Waals surface area contributed by atoms with Crippen molar-refractivity contribution in [3.05, 3.63) is 47.0 Å². The van der Waals surface area contributed by atoms with Gasteiger partial charge < -0.3 is 5.32 Å². The molecule has 0 aliphatic rings. The van der Waals surface area contributed by atoms with Crippen LogP contribution in [0.15, 0.2) is 36.9 Å². The van der Waals surface area contributed by atoms with Crippen LogP contribution < -0.4 is 16.2 Å². The highest BCUT2D eigenvalue weighted by Crippen LogP contribution is 2.21. The lowest BCUT2D eigenvalue weighted by Crippen LogP contribution is -2.38. The minimum Gasteiger partial charge on any atom is -0.358 e. The lowest BCUT2D eigenvalue weighted by atomic mass is 10.3. The number of nitro benzene ring substituents is 1. The molecular formula is C10H12N4O2S. The third-order valence-corrected chi connectivity index (χ3v) is 2.06. The maximum absolute atomic E-state index is 10.7. The Morgan fingerprint density at radius 2 is 2.24 bits per heavy atom. The van der Waals surface area contributed by atoms with E-state index in [9.17, 15) is 10.1 Å². The zero-order valence-electron chi connectivity index (χ0n) is 8.97. The maximum Gasteiger partial charge on any atom is 0.294 e. The van der Waals surface area contributed by atoms with Crippen molar-refractivity contribution >= 4 is 28.7 Å². The molecule has 6 nitrogen and oxygen atoms in total. The molecule has 3 N–H and O–H groups in total. The van der Waals surface area contributed by atoms with E-state index in [0.29, 0.717) is 17.3 Å². The summed E-state index contributed by atoms with van der Waals surface area (Å²) in [5.74, 6) is 0. The van der Waals surface area contributed by atoms with Crippen molar-refractivity contribution < 1.29 is 4.92 Å². The van der Waals surface area contributed by atoms with Gasteiger partial charge in [-0.25, -0.2) is 0 Å². The van der Waals surface area contributed by atoms with Crippen LogP contribution in [0.4, 0.5) is 11.4 Å². The molecule has 1 aromatic carbocycles. The predicted octanol–water partition coefficient (Wildman–Crippen LogP) is 1.57. The second kappa shape index (κ2) is 6.44. The summed E-state index contributed by atoms with van der Waals surface area (Å²) in [5.41, 5.74) is 5.65. The van der Waals surface area contributed by atoms with Gasteiger partial charge in [0.05, 0.1) is 4.92 Å². The quantitative estimate of drug-likeness (QED) is 0.319. The maximum atomic E-state index is 10.7. The van der Waals surface area contributed by atoms with Crippen LogP contribution in [0, 0.1) is 10.1 Å². The third-order valence-electron chi connectivity index (χ3n) is 1.82. The SMILES string of the molecule is C=CCNC(=S)NNc1ccccc1[N+](=O)[O-]. The molecule has 0 aliphatic heterocycles. The standard InChI is InChI=1S/C10H12N4O2S/c1-2-7-11-10(17)13-12-8-5-3-4-6-9(8)14(15)16/h2-6,12H,1,7H2,(H2,11,13,17). The van der Waals surface area contributed by atoms with Crippen LogP contribution in [0.1, 0.15) is 0 Å². The normalized spacial score (nSPS) is 9.18. The van der Waals surface area contributed by atoms with Crippen LogP contribution >= 0.6 is 12.2 Å². The number of anilines is 1. The number of hydrogen-bond donors (Lipinski definition) is 3. The van der Waals surface area contributed by atoms with Gasteiger partial charge in [0.15, 0.2) is 5.11 Å². The highest BCUT2D eigenvalue weighted by atomic mass is 32.1. The Kier molecular flexibility index (Phi) is 4.89. The fourth-order valence-electron chi connectivity index (χ4n) is 1.07. The summed E-state index contributed by atoms with van der Waals surface area (Å²) >= 11 is 4.93. The van der Waals surface area contributed by atoms with Crippen LogP contribution in [0.2, 0.25) is 0 Å². The molecule has 0 amide bonds. The summed E-state index contributed by atoms with van der Waals surface area (Å²) < 4.78 is 0. The van der Waals surface area contributed by atoms with Crippen molar-refractivity contribution in [3.8, 4) is 0 Å². The van der Waals surface area contributed by atoms with Crippen LogP contribution in [0.5, 0.6) is 0 Å². The van der Waals surface area contributed by atoms with E-state index in [-0.39, 0.29) is 5.69 Å². The van der Waals surface area contributed by atoms with Crippen molar-refractivity contribution in [2.24, 2.45) is 0 Å². The molecule has 0 aromatic heterocycles. The van der Waals surface area contributed by atoms with Gasteiger partial charge in [-0.15, -0.1) is 6.58 Å². The number of benzene rings is 1. The number of hydrazine groups is 1. The molecule has 0 spiro atoms. The fourth-order valence-corrected chi connectivity index (χ4v) is 1.21. The summed E-state index contributed by atoms with van der Waals surface area (Å²) in [5, 5.41) is 13.9. The molecule has 0 atom stereocenters. The lowest BCUT2D eigenvalue weighted by Gasteiger charge is -2.11. The summed E-state index contributed by atoms with van der Waals surface area (Å²) in [6, 6.07) is 6.28. The van der Waals surface area contributed by atoms with Gasteiger partial charge in [0.1, 0.15) is 5.69 Å². The van der Waals surface area contributed by atoms with Crippen LogP contribution in [-0.2, 0) is 0 Å². The second-order valence-corrected chi connectivity index (χ2v) is 3.43. The van der Waals surface area contributed by atoms with E-state index >= 15 is 0 Å². The second-order valence-electron chi connectivity index (χ2n) is 3.02. The Hall–Kier alpha value is -2.15. The number of nitrogens with one attached hydrogen (secondary N) is 3. The van der Waals surface area contributed by atoms with Gasteiger partial charge in [-0.05, 0) is 18.3 Å². The minimum absolute atomic E-state index is 0.0217. The van der Waals surface area contributed by atoms with E-state index in [1.54, 1.807) is 24.3 Å². The summed E-state index contributed by atoms with van der Waals surface area (Å²) in [4.78, 5) is 10.2. The third kappa shape index (κ3) is 4.07. The molecule has 0 bridgehead atoms. The lowest BCUT2D eigenvalue weighted by molar-refractivity contribution is -0.384. The van der Waals surface area contributed by atoms with Crippen molar-refractivity contribution in [1.82, 2.24) is 10.7 Å². The van der Waals surface area contributed by atoms with Gasteiger partial charge in [0.25, 0.3) is 5.69 Å². The van der Waals surface area contributed by atoms with Gasteiger partial charge in [0, 0.05) is 12.6 Å². The van der Waals surface area contributed by atoms with Gasteiger partial charge in [-0.2, -0.15) is 0 Å². The average molecular weight is 252 g/mol. The molecule has 0 saturated carbocycles. The molecule has 0 heterocycles. The van der Waals surface area contributed by atoms with E-state index in [2.05, 4.69) is 22.7 Å². The Bertz CT molecular complexity index is 436. The molecule has 0 fully saturated rings. The monoisotopic (exact) mass is 252 g/mol. The van der Waals surface area contributed by atoms with Gasteiger partial charge in [0.2, 0.25) is 0 Å². The van der Waals surface area contributed by atoms with E-state index < -0.39 is 4.92 Å². The van der Waals surface area contributed by atoms with Crippen molar-refractivity contribution in [2.75, 3.05) is 12.0 Å². The minimum atomic E-state index is -0.468. The van der Waals surface area contributed by atoms with Crippen molar-refractivity contribution in [1.29, 1.82) is 0 Å². The zero-order valence-corrected chi connectivity index (χ0v) is 9.79. The molecule has 0 aliphatic carbocycles. The molecular weight excluding hydrogens is 240 g/mol. The highest BCUT2D eigenvalue weighted by molar-refractivity contribution is 7.80. The van der Waals surface area contributed by atoms with Crippen LogP contribution in [0.3, 0.4) is 0 Å². The first-order chi connectivity index (χ1) is 8.15. The molecule has 17 heavy (non-hydrogen) atoms. The molecule has 0 radical (unpaired) electrons. The first-order valence-electron chi connectivity index (χ1n) is 4.79. The van der Waals surface area contributed by atoms with Gasteiger partial charge in [-0.1, -0.05) is 18.2 Å². The van der Waals surface area contributed by atoms with E-state index in [4.69, 9.17) is 12.2 Å². The Morgan fingerprint density at radius 1 is 1.53 bits per heavy atom. The number of para-hydroxylation sites is 2. The van der Waals surface area contributed by atoms with E-state index in [1.807, 2.05) is 0 Å². The first-order valence-corrected chi connectivity index (χ1v) is 5.20. The van der Waals surface area contributed by atoms with E-state index in [0.717, 1.165) is 0 Å². The Balaban J connectivity index is 2.60. The Morgan fingerprint density at radius 3 is 2.88 bits per heavy atom. The van der Waals surface area contributed by atoms with E-state index in [1.165, 1.54) is 6.07 Å². The molecule has 1 aromatic rings. The number of nitro groups is 1. The topological polar surface area (TPSA) is 79.2 Å². The van der Waals surface area contributed by atoms with Crippen molar-refractivity contribution in [3.63, 3.8) is 0 Å². The summed E-state index contributed by atoms with van der Waals surface area (Å²) in [7, 11) is 0. The largest absolute Gasteiger partial charge is 0.358 e. The molecule has 0 unspecified atom stereocenters. The van der Waals surface area contributed by atoms with Gasteiger partial charge in [-0.3, -0.25) is 21.0 Å². The number of thiocarbonyl (C=S) groups is 1. The van der Waals surface area contributed by atoms with Crippen molar-refractivity contribution in [2.45, 2.75) is 0 Å². The molecule has 7 heteroatoms. The number of nitrogens with zero attached hydrogens (tertiary/aromatic N) is 1. The number of hydrogen-bond acceptors (Lipinski definition) is 4. The number of rotatable bonds is 5. The zero-order chi connectivity index (χ0) is 12.7. The fraction of sp³-hybridized carbons (Fsp3) is 0.100. The predicted molar refractivity (Wildman–Crippen MR) is 70.7 cm³/mol. The van der Waals surface area contributed by atoms with Crippen LogP contribution in [0.25, 0.3) is 0 Å². The van der Waals surface area contributed by atoms with Crippen LogP contribution in [-0.4, -0.2) is 16.6 Å².